The Morgan fingerprint density at radius 2 is 1.86 bits per heavy atom. The number of pyridine rings is 1. The molecule has 0 fully saturated rings. The topological polar surface area (TPSA) is 92.5 Å². The van der Waals surface area contributed by atoms with Gasteiger partial charge in [-0.2, -0.15) is 4.31 Å². The van der Waals surface area contributed by atoms with Crippen LogP contribution in [0.15, 0.2) is 76.3 Å². The first kappa shape index (κ1) is 18.1. The number of hydrogen-bond acceptors (Lipinski definition) is 5. The molecule has 28 heavy (non-hydrogen) atoms. The Labute approximate surface area is 161 Å². The van der Waals surface area contributed by atoms with Crippen LogP contribution in [0.4, 0.5) is 5.69 Å². The zero-order valence-electron chi connectivity index (χ0n) is 15.0. The number of amides is 1. The number of carbonyl (C=O) groups is 1. The third-order valence-electron chi connectivity index (χ3n) is 4.37. The number of fused-ring (bicyclic) bond motifs is 3. The van der Waals surface area contributed by atoms with Crippen molar-refractivity contribution in [1.29, 1.82) is 0 Å². The van der Waals surface area contributed by atoms with Crippen LogP contribution in [0.3, 0.4) is 0 Å². The molecule has 0 saturated carbocycles. The summed E-state index contributed by atoms with van der Waals surface area (Å²) in [6.07, 6.45) is 2.74. The molecule has 8 heteroatoms. The summed E-state index contributed by atoms with van der Waals surface area (Å²) in [5, 5.41) is 4.66. The first-order chi connectivity index (χ1) is 13.4. The van der Waals surface area contributed by atoms with Gasteiger partial charge in [-0.3, -0.25) is 9.78 Å². The molecule has 0 saturated heterocycles. The number of nitrogens with one attached hydrogen (secondary N) is 1. The molecule has 7 nitrogen and oxygen atoms in total. The van der Waals surface area contributed by atoms with E-state index >= 15 is 0 Å². The second-order valence-corrected chi connectivity index (χ2v) is 8.35. The minimum Gasteiger partial charge on any atom is -0.456 e. The van der Waals surface area contributed by atoms with Crippen LogP contribution in [-0.2, 0) is 14.8 Å². The summed E-state index contributed by atoms with van der Waals surface area (Å²) >= 11 is 0. The summed E-state index contributed by atoms with van der Waals surface area (Å²) in [4.78, 5) is 16.2. The largest absolute Gasteiger partial charge is 0.456 e. The minimum absolute atomic E-state index is 0.0361. The van der Waals surface area contributed by atoms with Crippen molar-refractivity contribution in [2.45, 2.75) is 4.90 Å². The second-order valence-electron chi connectivity index (χ2n) is 6.31. The summed E-state index contributed by atoms with van der Waals surface area (Å²) < 4.78 is 31.8. The number of anilines is 1. The molecule has 0 aliphatic heterocycles. The molecule has 2 aromatic carbocycles. The van der Waals surface area contributed by atoms with Gasteiger partial charge in [0.2, 0.25) is 15.9 Å². The number of hydrogen-bond donors (Lipinski definition) is 1. The van der Waals surface area contributed by atoms with E-state index in [0.29, 0.717) is 11.3 Å². The minimum atomic E-state index is -3.79. The van der Waals surface area contributed by atoms with Gasteiger partial charge in [0.25, 0.3) is 0 Å². The van der Waals surface area contributed by atoms with E-state index in [1.165, 1.54) is 31.6 Å². The molecule has 1 N–H and O–H groups in total. The Balaban J connectivity index is 1.51. The average Bonchev–Trinajstić information content (AvgIpc) is 3.06. The zero-order chi connectivity index (χ0) is 19.7. The van der Waals surface area contributed by atoms with Gasteiger partial charge in [0, 0.05) is 42.0 Å². The number of para-hydroxylation sites is 1. The first-order valence-corrected chi connectivity index (χ1v) is 9.97. The van der Waals surface area contributed by atoms with Crippen LogP contribution >= 0.6 is 0 Å². The van der Waals surface area contributed by atoms with Crippen LogP contribution < -0.4 is 5.32 Å². The monoisotopic (exact) mass is 395 g/mol. The predicted octanol–water partition coefficient (Wildman–Crippen LogP) is 3.24. The Morgan fingerprint density at radius 3 is 2.64 bits per heavy atom. The van der Waals surface area contributed by atoms with Crippen LogP contribution in [-0.4, -0.2) is 37.2 Å². The average molecular weight is 395 g/mol. The molecule has 0 atom stereocenters. The highest BCUT2D eigenvalue weighted by atomic mass is 32.2. The van der Waals surface area contributed by atoms with Crippen LogP contribution in [0.2, 0.25) is 0 Å². The number of sulfonamides is 1. The smallest absolute Gasteiger partial charge is 0.244 e. The summed E-state index contributed by atoms with van der Waals surface area (Å²) in [5.41, 5.74) is 1.95. The Bertz CT molecular complexity index is 1270. The zero-order valence-corrected chi connectivity index (χ0v) is 15.8. The van der Waals surface area contributed by atoms with E-state index in [4.69, 9.17) is 4.42 Å². The van der Waals surface area contributed by atoms with Crippen LogP contribution in [0.5, 0.6) is 0 Å². The van der Waals surface area contributed by atoms with Crippen molar-refractivity contribution >= 4 is 43.6 Å². The van der Waals surface area contributed by atoms with E-state index in [1.54, 1.807) is 12.1 Å². The van der Waals surface area contributed by atoms with Crippen LogP contribution in [0.25, 0.3) is 21.9 Å². The number of carbonyl (C=O) groups excluding carboxylic acids is 1. The third-order valence-corrected chi connectivity index (χ3v) is 6.16. The van der Waals surface area contributed by atoms with Gasteiger partial charge >= 0.3 is 0 Å². The lowest BCUT2D eigenvalue weighted by Gasteiger charge is -2.16. The summed E-state index contributed by atoms with van der Waals surface area (Å²) in [5.74, 6) is -0.453. The molecular weight excluding hydrogens is 378 g/mol. The maximum atomic E-state index is 12.5. The molecule has 142 valence electrons. The van der Waals surface area contributed by atoms with Gasteiger partial charge in [0.15, 0.2) is 0 Å². The lowest BCUT2D eigenvalue weighted by Crippen LogP contribution is -2.35. The van der Waals surface area contributed by atoms with Gasteiger partial charge in [0.05, 0.1) is 6.54 Å². The molecule has 0 unspecified atom stereocenters. The Hall–Kier alpha value is -3.23. The summed E-state index contributed by atoms with van der Waals surface area (Å²) in [6.45, 7) is -0.324. The van der Waals surface area contributed by atoms with Crippen molar-refractivity contribution in [3.63, 3.8) is 0 Å². The van der Waals surface area contributed by atoms with E-state index < -0.39 is 15.9 Å². The second kappa shape index (κ2) is 7.06. The van der Waals surface area contributed by atoms with E-state index in [9.17, 15) is 13.2 Å². The van der Waals surface area contributed by atoms with E-state index in [0.717, 1.165) is 20.7 Å². The van der Waals surface area contributed by atoms with Gasteiger partial charge in [-0.05, 0) is 30.3 Å². The van der Waals surface area contributed by atoms with E-state index in [2.05, 4.69) is 10.3 Å². The standard InChI is InChI=1S/C20H17N3O4S/c1-23(28(25,26)15-5-4-10-21-12-15)13-20(24)22-14-8-9-17-16-6-2-3-7-18(16)27-19(17)11-14/h2-12H,13H2,1H3,(H,22,24). The fraction of sp³-hybridized carbons (Fsp3) is 0.100. The Morgan fingerprint density at radius 1 is 1.07 bits per heavy atom. The quantitative estimate of drug-likeness (QED) is 0.560. The van der Waals surface area contributed by atoms with Gasteiger partial charge in [-0.25, -0.2) is 8.42 Å². The third kappa shape index (κ3) is 3.35. The SMILES string of the molecule is CN(CC(=O)Nc1ccc2c(c1)oc1ccccc12)S(=O)(=O)c1cccnc1. The predicted molar refractivity (Wildman–Crippen MR) is 106 cm³/mol. The van der Waals surface area contributed by atoms with Crippen molar-refractivity contribution in [3.05, 3.63) is 67.0 Å². The van der Waals surface area contributed by atoms with Crippen molar-refractivity contribution in [2.24, 2.45) is 0 Å². The molecule has 0 radical (unpaired) electrons. The molecule has 4 aromatic rings. The number of aromatic nitrogens is 1. The fourth-order valence-electron chi connectivity index (χ4n) is 2.97. The number of benzene rings is 2. The lowest BCUT2D eigenvalue weighted by atomic mass is 10.1. The molecule has 4 rings (SSSR count). The van der Waals surface area contributed by atoms with Crippen molar-refractivity contribution in [2.75, 3.05) is 18.9 Å². The van der Waals surface area contributed by atoms with Crippen molar-refractivity contribution in [3.8, 4) is 0 Å². The molecular formula is C20H17N3O4S. The van der Waals surface area contributed by atoms with Gasteiger partial charge in [-0.15, -0.1) is 0 Å². The number of nitrogens with zero attached hydrogens (tertiary/aromatic N) is 2. The van der Waals surface area contributed by atoms with Crippen LogP contribution in [0.1, 0.15) is 0 Å². The maximum absolute atomic E-state index is 12.5. The highest BCUT2D eigenvalue weighted by Crippen LogP contribution is 2.30. The van der Waals surface area contributed by atoms with Crippen LogP contribution in [0, 0.1) is 0 Å². The van der Waals surface area contributed by atoms with Crippen molar-refractivity contribution in [1.82, 2.24) is 9.29 Å². The molecule has 0 spiro atoms. The van der Waals surface area contributed by atoms with E-state index in [1.807, 2.05) is 30.3 Å². The summed E-state index contributed by atoms with van der Waals surface area (Å²) in [6, 6.07) is 16.0. The maximum Gasteiger partial charge on any atom is 0.244 e. The number of likely N-dealkylation sites (N-methyl/N-ethyl adjacent to an activating group) is 1. The molecule has 1 amide bonds. The highest BCUT2D eigenvalue weighted by Gasteiger charge is 2.23. The van der Waals surface area contributed by atoms with Gasteiger partial charge in [-0.1, -0.05) is 18.2 Å². The van der Waals surface area contributed by atoms with Gasteiger partial charge in [0.1, 0.15) is 16.1 Å². The number of rotatable bonds is 5. The molecule has 2 heterocycles. The van der Waals surface area contributed by atoms with Gasteiger partial charge < -0.3 is 9.73 Å². The molecule has 0 bridgehead atoms. The molecule has 0 aliphatic carbocycles. The fourth-order valence-corrected chi connectivity index (χ4v) is 4.06. The lowest BCUT2D eigenvalue weighted by molar-refractivity contribution is -0.116. The molecule has 2 aromatic heterocycles. The van der Waals surface area contributed by atoms with Crippen molar-refractivity contribution < 1.29 is 17.6 Å². The highest BCUT2D eigenvalue weighted by molar-refractivity contribution is 7.89. The van der Waals surface area contributed by atoms with E-state index in [-0.39, 0.29) is 11.4 Å². The summed E-state index contributed by atoms with van der Waals surface area (Å²) in [7, 11) is -2.44. The normalized spacial score (nSPS) is 11.9. The number of furan rings is 1. The first-order valence-electron chi connectivity index (χ1n) is 8.53. The molecule has 0 aliphatic rings. The Kier molecular flexibility index (Phi) is 4.58.